The fourth-order valence-corrected chi connectivity index (χ4v) is 4.64. The van der Waals surface area contributed by atoms with Crippen LogP contribution in [-0.2, 0) is 6.11 Å². The first-order chi connectivity index (χ1) is 17.1. The topological polar surface area (TPSA) is 9.23 Å². The Labute approximate surface area is 204 Å². The van der Waals surface area contributed by atoms with Crippen LogP contribution in [0.5, 0.6) is 5.75 Å². The summed E-state index contributed by atoms with van der Waals surface area (Å²) in [5.41, 5.74) is -0.317. The maximum atomic E-state index is 15.0. The van der Waals surface area contributed by atoms with Gasteiger partial charge in [0.1, 0.15) is 5.75 Å². The average Bonchev–Trinajstić information content (AvgIpc) is 2.85. The molecular formula is C28H23F7O. The molecule has 1 aliphatic rings. The molecule has 1 fully saturated rings. The summed E-state index contributed by atoms with van der Waals surface area (Å²) in [6.07, 6.45) is 3.38. The Morgan fingerprint density at radius 2 is 1.39 bits per heavy atom. The molecule has 3 aromatic rings. The highest BCUT2D eigenvalue weighted by Crippen LogP contribution is 2.40. The Balaban J connectivity index is 1.52. The number of alkyl halides is 2. The van der Waals surface area contributed by atoms with Crippen LogP contribution in [0.25, 0.3) is 11.1 Å². The molecule has 0 spiro atoms. The third-order valence-corrected chi connectivity index (χ3v) is 6.52. The number of halogens is 7. The second kappa shape index (κ2) is 10.4. The van der Waals surface area contributed by atoms with Crippen LogP contribution in [-0.4, -0.2) is 0 Å². The first-order valence-electron chi connectivity index (χ1n) is 11.5. The first-order valence-corrected chi connectivity index (χ1v) is 11.5. The number of hydrogen-bond donors (Lipinski definition) is 0. The van der Waals surface area contributed by atoms with Gasteiger partial charge in [0.2, 0.25) is 0 Å². The Morgan fingerprint density at radius 1 is 0.778 bits per heavy atom. The minimum atomic E-state index is -4.03. The molecule has 0 N–H and O–H groups in total. The van der Waals surface area contributed by atoms with E-state index in [9.17, 15) is 30.7 Å². The van der Waals surface area contributed by atoms with Gasteiger partial charge in [0, 0.05) is 17.7 Å². The van der Waals surface area contributed by atoms with Gasteiger partial charge in [-0.25, -0.2) is 22.0 Å². The minimum absolute atomic E-state index is 0.0858. The number of allylic oxidation sites excluding steroid dienone is 2. The molecule has 190 valence electrons. The van der Waals surface area contributed by atoms with Crippen molar-refractivity contribution in [1.82, 2.24) is 0 Å². The van der Waals surface area contributed by atoms with E-state index in [1.165, 1.54) is 12.1 Å². The van der Waals surface area contributed by atoms with E-state index in [-0.39, 0.29) is 17.0 Å². The summed E-state index contributed by atoms with van der Waals surface area (Å²) < 4.78 is 103. The van der Waals surface area contributed by atoms with Gasteiger partial charge in [-0.05, 0) is 67.7 Å². The number of hydrogen-bond acceptors (Lipinski definition) is 1. The quantitative estimate of drug-likeness (QED) is 0.183. The van der Waals surface area contributed by atoms with Crippen LogP contribution in [0, 0.1) is 35.0 Å². The maximum absolute atomic E-state index is 15.0. The van der Waals surface area contributed by atoms with Crippen LogP contribution < -0.4 is 4.74 Å². The predicted molar refractivity (Wildman–Crippen MR) is 122 cm³/mol. The standard InChI is InChI=1S/C28H23F7O/c1-2-3-16-4-6-17(7-5-16)21-12-13-22(26(32)25(21)31)18-8-10-19(11-9-18)28(34,35)36-20-14-23(29)27(33)24(30)15-20/h2-3,8-17H,4-7H2,1H3/b3-2+. The average molecular weight is 508 g/mol. The van der Waals surface area contributed by atoms with Crippen molar-refractivity contribution in [2.45, 2.75) is 44.6 Å². The molecule has 0 bridgehead atoms. The maximum Gasteiger partial charge on any atom is 0.426 e. The smallest absolute Gasteiger partial charge is 0.426 e. The molecule has 0 radical (unpaired) electrons. The van der Waals surface area contributed by atoms with Crippen LogP contribution >= 0.6 is 0 Å². The van der Waals surface area contributed by atoms with Gasteiger partial charge in [0.15, 0.2) is 29.1 Å². The molecule has 0 atom stereocenters. The van der Waals surface area contributed by atoms with Crippen molar-refractivity contribution >= 4 is 0 Å². The van der Waals surface area contributed by atoms with E-state index in [1.807, 2.05) is 13.0 Å². The van der Waals surface area contributed by atoms with Crippen LogP contribution in [0.15, 0.2) is 60.7 Å². The highest BCUT2D eigenvalue weighted by Gasteiger charge is 2.35. The molecule has 3 aromatic carbocycles. The third-order valence-electron chi connectivity index (χ3n) is 6.52. The summed E-state index contributed by atoms with van der Waals surface area (Å²) in [6.45, 7) is 1.95. The molecule has 4 rings (SSSR count). The van der Waals surface area contributed by atoms with Gasteiger partial charge in [-0.2, -0.15) is 8.78 Å². The molecule has 0 heterocycles. The van der Waals surface area contributed by atoms with Crippen molar-refractivity contribution in [3.63, 3.8) is 0 Å². The monoisotopic (exact) mass is 508 g/mol. The van der Waals surface area contributed by atoms with E-state index in [0.717, 1.165) is 49.9 Å². The zero-order chi connectivity index (χ0) is 26.0. The second-order valence-electron chi connectivity index (χ2n) is 8.86. The van der Waals surface area contributed by atoms with Crippen molar-refractivity contribution in [2.75, 3.05) is 0 Å². The molecular weight excluding hydrogens is 485 g/mol. The van der Waals surface area contributed by atoms with Gasteiger partial charge in [-0.3, -0.25) is 0 Å². The third kappa shape index (κ3) is 5.27. The zero-order valence-electron chi connectivity index (χ0n) is 19.3. The molecule has 0 saturated heterocycles. The van der Waals surface area contributed by atoms with Crippen molar-refractivity contribution < 1.29 is 35.5 Å². The molecule has 0 aliphatic heterocycles. The lowest BCUT2D eigenvalue weighted by molar-refractivity contribution is -0.185. The molecule has 36 heavy (non-hydrogen) atoms. The lowest BCUT2D eigenvalue weighted by Gasteiger charge is -2.27. The van der Waals surface area contributed by atoms with Crippen molar-refractivity contribution in [1.29, 1.82) is 0 Å². The van der Waals surface area contributed by atoms with E-state index in [1.54, 1.807) is 0 Å². The highest BCUT2D eigenvalue weighted by molar-refractivity contribution is 5.65. The van der Waals surface area contributed by atoms with Gasteiger partial charge < -0.3 is 4.74 Å². The lowest BCUT2D eigenvalue weighted by Crippen LogP contribution is -2.22. The number of benzene rings is 3. The summed E-state index contributed by atoms with van der Waals surface area (Å²) in [5, 5.41) is 0. The summed E-state index contributed by atoms with van der Waals surface area (Å²) in [6, 6.07) is 7.76. The molecule has 0 amide bonds. The Hall–Kier alpha value is -3.29. The van der Waals surface area contributed by atoms with E-state index in [4.69, 9.17) is 0 Å². The fourth-order valence-electron chi connectivity index (χ4n) is 4.64. The highest BCUT2D eigenvalue weighted by atomic mass is 19.3. The van der Waals surface area contributed by atoms with Crippen molar-refractivity contribution in [2.24, 2.45) is 5.92 Å². The van der Waals surface area contributed by atoms with Crippen molar-refractivity contribution in [3.8, 4) is 16.9 Å². The minimum Gasteiger partial charge on any atom is -0.429 e. The molecule has 0 aromatic heterocycles. The second-order valence-corrected chi connectivity index (χ2v) is 8.86. The van der Waals surface area contributed by atoms with Gasteiger partial charge in [-0.15, -0.1) is 0 Å². The van der Waals surface area contributed by atoms with Crippen molar-refractivity contribution in [3.05, 3.63) is 101 Å². The Kier molecular flexibility index (Phi) is 7.43. The normalized spacial score (nSPS) is 18.6. The number of rotatable bonds is 6. The lowest BCUT2D eigenvalue weighted by atomic mass is 9.78. The van der Waals surface area contributed by atoms with Gasteiger partial charge in [-0.1, -0.05) is 36.4 Å². The van der Waals surface area contributed by atoms with Crippen LogP contribution in [0.2, 0.25) is 0 Å². The summed E-state index contributed by atoms with van der Waals surface area (Å²) in [4.78, 5) is 0. The largest absolute Gasteiger partial charge is 0.429 e. The molecule has 1 saturated carbocycles. The first kappa shape index (κ1) is 25.8. The summed E-state index contributed by atoms with van der Waals surface area (Å²) in [5.74, 6) is -7.72. The predicted octanol–water partition coefficient (Wildman–Crippen LogP) is 9.03. The van der Waals surface area contributed by atoms with Gasteiger partial charge in [0.05, 0.1) is 5.56 Å². The zero-order valence-corrected chi connectivity index (χ0v) is 19.3. The van der Waals surface area contributed by atoms with E-state index < -0.39 is 46.5 Å². The number of ether oxygens (including phenoxy) is 1. The molecule has 8 heteroatoms. The van der Waals surface area contributed by atoms with Crippen LogP contribution in [0.3, 0.4) is 0 Å². The Bertz CT molecular complexity index is 1240. The molecule has 1 aliphatic carbocycles. The van der Waals surface area contributed by atoms with Gasteiger partial charge in [0.25, 0.3) is 0 Å². The SMILES string of the molecule is C/C=C/C1CCC(c2ccc(-c3ccc(C(F)(F)Oc4cc(F)c(F)c(F)c4)cc3)c(F)c2F)CC1. The Morgan fingerprint density at radius 3 is 1.97 bits per heavy atom. The van der Waals surface area contributed by atoms with Crippen LogP contribution in [0.4, 0.5) is 30.7 Å². The van der Waals surface area contributed by atoms with E-state index in [0.29, 0.717) is 23.6 Å². The van der Waals surface area contributed by atoms with Gasteiger partial charge >= 0.3 is 6.11 Å². The molecule has 0 unspecified atom stereocenters. The summed E-state index contributed by atoms with van der Waals surface area (Å²) in [7, 11) is 0. The molecule has 1 nitrogen and oxygen atoms in total. The van der Waals surface area contributed by atoms with E-state index in [2.05, 4.69) is 10.8 Å². The van der Waals surface area contributed by atoms with E-state index >= 15 is 0 Å². The summed E-state index contributed by atoms with van der Waals surface area (Å²) >= 11 is 0. The van der Waals surface area contributed by atoms with Crippen LogP contribution in [0.1, 0.15) is 49.7 Å². The fraction of sp³-hybridized carbons (Fsp3) is 0.286.